The van der Waals surface area contributed by atoms with Crippen LogP contribution in [0.15, 0.2) is 18.5 Å². The topological polar surface area (TPSA) is 45.5 Å². The fourth-order valence-electron chi connectivity index (χ4n) is 3.04. The molecule has 1 saturated heterocycles. The molecule has 1 aliphatic heterocycles. The highest BCUT2D eigenvalue weighted by atomic mass is 15.3. The molecule has 0 saturated carbocycles. The van der Waals surface area contributed by atoms with Gasteiger partial charge >= 0.3 is 0 Å². The molecule has 3 heterocycles. The molecule has 0 aliphatic carbocycles. The first-order valence-corrected chi connectivity index (χ1v) is 7.94. The lowest BCUT2D eigenvalue weighted by atomic mass is 10.1. The van der Waals surface area contributed by atoms with E-state index in [2.05, 4.69) is 47.3 Å². The van der Waals surface area contributed by atoms with Crippen molar-refractivity contribution in [2.24, 2.45) is 0 Å². The molecule has 0 amide bonds. The Kier molecular flexibility index (Phi) is 4.10. The highest BCUT2D eigenvalue weighted by Crippen LogP contribution is 2.25. The summed E-state index contributed by atoms with van der Waals surface area (Å²) in [6, 6.07) is 2.73. The van der Waals surface area contributed by atoms with Crippen molar-refractivity contribution in [2.45, 2.75) is 45.1 Å². The summed E-state index contributed by atoms with van der Waals surface area (Å²) >= 11 is 0. The van der Waals surface area contributed by atoms with E-state index in [1.807, 2.05) is 16.9 Å². The molecule has 3 rings (SSSR count). The minimum atomic E-state index is 0.435. The Bertz CT molecular complexity index is 596. The molecule has 1 aliphatic rings. The summed E-state index contributed by atoms with van der Waals surface area (Å²) in [4.78, 5) is 6.97. The summed E-state index contributed by atoms with van der Waals surface area (Å²) in [6.07, 6.45) is 7.41. The normalized spacial score (nSPS) is 19.9. The van der Waals surface area contributed by atoms with Crippen LogP contribution in [0.1, 0.15) is 44.7 Å². The smallest absolute Gasteiger partial charge is 0.154 e. The van der Waals surface area contributed by atoms with E-state index < -0.39 is 0 Å². The lowest BCUT2D eigenvalue weighted by Gasteiger charge is -2.28. The Labute approximate surface area is 126 Å². The first kappa shape index (κ1) is 14.3. The summed E-state index contributed by atoms with van der Waals surface area (Å²) < 4.78 is 1.96. The Balaban J connectivity index is 1.94. The molecule has 1 fully saturated rings. The standard InChI is InChI=1S/C16H25N5/c1-12(2)14-11-15-16(18-9-10-21(15)19-14)20(3)13-5-4-7-17-8-6-13/h9-13,17H,4-8H2,1-3H3. The van der Waals surface area contributed by atoms with Gasteiger partial charge in [0.15, 0.2) is 5.82 Å². The quantitative estimate of drug-likeness (QED) is 0.942. The highest BCUT2D eigenvalue weighted by Gasteiger charge is 2.20. The van der Waals surface area contributed by atoms with Gasteiger partial charge in [-0.25, -0.2) is 9.50 Å². The van der Waals surface area contributed by atoms with Gasteiger partial charge in [-0.05, 0) is 44.3 Å². The van der Waals surface area contributed by atoms with Gasteiger partial charge in [-0.2, -0.15) is 5.10 Å². The fourth-order valence-corrected chi connectivity index (χ4v) is 3.04. The summed E-state index contributed by atoms with van der Waals surface area (Å²) in [5.74, 6) is 1.48. The molecule has 2 aromatic heterocycles. The lowest BCUT2D eigenvalue weighted by molar-refractivity contribution is 0.563. The van der Waals surface area contributed by atoms with Crippen molar-refractivity contribution in [2.75, 3.05) is 25.0 Å². The molecule has 0 bridgehead atoms. The van der Waals surface area contributed by atoms with Gasteiger partial charge < -0.3 is 10.2 Å². The predicted molar refractivity (Wildman–Crippen MR) is 86.0 cm³/mol. The molecular weight excluding hydrogens is 262 g/mol. The number of anilines is 1. The average Bonchev–Trinajstić information content (AvgIpc) is 2.74. The molecule has 5 heteroatoms. The maximum Gasteiger partial charge on any atom is 0.154 e. The van der Waals surface area contributed by atoms with Crippen LogP contribution >= 0.6 is 0 Å². The number of nitrogens with zero attached hydrogens (tertiary/aromatic N) is 4. The van der Waals surface area contributed by atoms with E-state index in [1.165, 1.54) is 19.3 Å². The maximum absolute atomic E-state index is 4.66. The third kappa shape index (κ3) is 2.88. The predicted octanol–water partition coefficient (Wildman–Crippen LogP) is 2.43. The van der Waals surface area contributed by atoms with Gasteiger partial charge in [0.1, 0.15) is 5.52 Å². The molecule has 1 unspecified atom stereocenters. The zero-order chi connectivity index (χ0) is 14.8. The van der Waals surface area contributed by atoms with Gasteiger partial charge in [0.2, 0.25) is 0 Å². The van der Waals surface area contributed by atoms with Crippen LogP contribution in [0, 0.1) is 0 Å². The molecule has 1 N–H and O–H groups in total. The van der Waals surface area contributed by atoms with Gasteiger partial charge in [0.05, 0.1) is 5.69 Å². The minimum absolute atomic E-state index is 0.435. The largest absolute Gasteiger partial charge is 0.355 e. The van der Waals surface area contributed by atoms with Crippen molar-refractivity contribution in [3.05, 3.63) is 24.2 Å². The van der Waals surface area contributed by atoms with Crippen molar-refractivity contribution in [1.82, 2.24) is 19.9 Å². The van der Waals surface area contributed by atoms with E-state index in [-0.39, 0.29) is 0 Å². The van der Waals surface area contributed by atoms with E-state index in [0.29, 0.717) is 12.0 Å². The molecule has 0 spiro atoms. The maximum atomic E-state index is 4.66. The number of fused-ring (bicyclic) bond motifs is 1. The SMILES string of the molecule is CC(C)c1cc2c(N(C)C3CCCNCC3)nccn2n1. The van der Waals surface area contributed by atoms with Crippen LogP contribution in [0.2, 0.25) is 0 Å². The molecule has 2 aromatic rings. The van der Waals surface area contributed by atoms with Crippen LogP contribution in [0.5, 0.6) is 0 Å². The monoisotopic (exact) mass is 287 g/mol. The van der Waals surface area contributed by atoms with Crippen molar-refractivity contribution in [1.29, 1.82) is 0 Å². The van der Waals surface area contributed by atoms with E-state index >= 15 is 0 Å². The Morgan fingerprint density at radius 2 is 2.19 bits per heavy atom. The summed E-state index contributed by atoms with van der Waals surface area (Å²) in [5.41, 5.74) is 2.24. The molecule has 1 atom stereocenters. The Hall–Kier alpha value is -1.62. The van der Waals surface area contributed by atoms with Gasteiger partial charge in [-0.1, -0.05) is 13.8 Å². The van der Waals surface area contributed by atoms with Crippen LogP contribution < -0.4 is 10.2 Å². The van der Waals surface area contributed by atoms with Gasteiger partial charge in [0, 0.05) is 25.5 Å². The lowest BCUT2D eigenvalue weighted by Crippen LogP contribution is -2.33. The van der Waals surface area contributed by atoms with Crippen molar-refractivity contribution >= 4 is 11.3 Å². The Morgan fingerprint density at radius 3 is 3.00 bits per heavy atom. The second-order valence-electron chi connectivity index (χ2n) is 6.25. The third-order valence-electron chi connectivity index (χ3n) is 4.41. The number of aromatic nitrogens is 3. The van der Waals surface area contributed by atoms with Crippen molar-refractivity contribution in [3.8, 4) is 0 Å². The molecule has 0 radical (unpaired) electrons. The first-order valence-electron chi connectivity index (χ1n) is 7.94. The zero-order valence-electron chi connectivity index (χ0n) is 13.2. The van der Waals surface area contributed by atoms with Crippen LogP contribution in [0.3, 0.4) is 0 Å². The third-order valence-corrected chi connectivity index (χ3v) is 4.41. The average molecular weight is 287 g/mol. The zero-order valence-corrected chi connectivity index (χ0v) is 13.2. The molecule has 21 heavy (non-hydrogen) atoms. The second-order valence-corrected chi connectivity index (χ2v) is 6.25. The first-order chi connectivity index (χ1) is 10.2. The number of rotatable bonds is 3. The summed E-state index contributed by atoms with van der Waals surface area (Å²) in [6.45, 7) is 6.58. The summed E-state index contributed by atoms with van der Waals surface area (Å²) in [5, 5.41) is 8.13. The molecule has 0 aromatic carbocycles. The van der Waals surface area contributed by atoms with Gasteiger partial charge in [-0.3, -0.25) is 0 Å². The number of hydrogen-bond donors (Lipinski definition) is 1. The van der Waals surface area contributed by atoms with Crippen LogP contribution in [-0.2, 0) is 0 Å². The van der Waals surface area contributed by atoms with E-state index in [0.717, 1.165) is 30.1 Å². The van der Waals surface area contributed by atoms with Crippen LogP contribution in [0.4, 0.5) is 5.82 Å². The number of hydrogen-bond acceptors (Lipinski definition) is 4. The molecular formula is C16H25N5. The van der Waals surface area contributed by atoms with Gasteiger partial charge in [0.25, 0.3) is 0 Å². The number of nitrogens with one attached hydrogen (secondary N) is 1. The van der Waals surface area contributed by atoms with Crippen molar-refractivity contribution < 1.29 is 0 Å². The fraction of sp³-hybridized carbons (Fsp3) is 0.625. The summed E-state index contributed by atoms with van der Waals surface area (Å²) in [7, 11) is 2.17. The minimum Gasteiger partial charge on any atom is -0.355 e. The van der Waals surface area contributed by atoms with Gasteiger partial charge in [-0.15, -0.1) is 0 Å². The van der Waals surface area contributed by atoms with Crippen molar-refractivity contribution in [3.63, 3.8) is 0 Å². The second kappa shape index (κ2) is 6.02. The molecule has 5 nitrogen and oxygen atoms in total. The van der Waals surface area contributed by atoms with Crippen LogP contribution in [0.25, 0.3) is 5.52 Å². The van der Waals surface area contributed by atoms with E-state index in [1.54, 1.807) is 0 Å². The molecule has 114 valence electrons. The van der Waals surface area contributed by atoms with E-state index in [9.17, 15) is 0 Å². The Morgan fingerprint density at radius 1 is 1.33 bits per heavy atom. The highest BCUT2D eigenvalue weighted by molar-refractivity contribution is 5.69. The van der Waals surface area contributed by atoms with Crippen LogP contribution in [-0.4, -0.2) is 40.8 Å². The van der Waals surface area contributed by atoms with E-state index in [4.69, 9.17) is 0 Å².